The highest BCUT2D eigenvalue weighted by Gasteiger charge is 2.30. The van der Waals surface area contributed by atoms with E-state index in [0.29, 0.717) is 10.9 Å². The molecule has 152 valence electrons. The predicted octanol–water partition coefficient (Wildman–Crippen LogP) is 3.50. The van der Waals surface area contributed by atoms with Gasteiger partial charge in [0.25, 0.3) is 5.56 Å². The number of ether oxygens (including phenoxy) is 1. The maximum atomic E-state index is 12.6. The first kappa shape index (κ1) is 20.8. The number of rotatable bonds is 4. The van der Waals surface area contributed by atoms with Gasteiger partial charge in [0.2, 0.25) is 0 Å². The molecule has 0 atom stereocenters. The van der Waals surface area contributed by atoms with Crippen molar-refractivity contribution in [3.8, 4) is 17.3 Å². The summed E-state index contributed by atoms with van der Waals surface area (Å²) in [5, 5.41) is 3.39. The highest BCUT2D eigenvalue weighted by atomic mass is 35.5. The van der Waals surface area contributed by atoms with Gasteiger partial charge in [-0.2, -0.15) is 23.0 Å². The largest absolute Gasteiger partial charge is 0.454 e. The molecule has 0 unspecified atom stereocenters. The first-order chi connectivity index (χ1) is 13.5. The summed E-state index contributed by atoms with van der Waals surface area (Å²) in [6.07, 6.45) is -1.91. The lowest BCUT2D eigenvalue weighted by atomic mass is 10.3. The minimum atomic E-state index is -4.57. The number of hydrogen-bond acceptors (Lipinski definition) is 6. The lowest BCUT2D eigenvalue weighted by molar-refractivity contribution is -0.137. The fourth-order valence-corrected chi connectivity index (χ4v) is 3.05. The first-order valence-electron chi connectivity index (χ1n) is 7.76. The van der Waals surface area contributed by atoms with Crippen LogP contribution in [0, 0.1) is 0 Å². The molecular weight excluding hydrogens is 435 g/mol. The van der Waals surface area contributed by atoms with Crippen LogP contribution in [0.25, 0.3) is 5.82 Å². The molecule has 12 heteroatoms. The molecular formula is C17H11ClF3N3O4S. The number of hydrogen-bond donors (Lipinski definition) is 0. The first-order valence-corrected chi connectivity index (χ1v) is 10.0. The third kappa shape index (κ3) is 4.57. The van der Waals surface area contributed by atoms with Crippen molar-refractivity contribution in [3.63, 3.8) is 0 Å². The Labute approximate surface area is 167 Å². The van der Waals surface area contributed by atoms with Crippen molar-refractivity contribution in [2.75, 3.05) is 6.26 Å². The van der Waals surface area contributed by atoms with E-state index in [1.807, 2.05) is 0 Å². The van der Waals surface area contributed by atoms with E-state index in [-0.39, 0.29) is 22.2 Å². The summed E-state index contributed by atoms with van der Waals surface area (Å²) in [6, 6.07) is 7.24. The Hall–Kier alpha value is -2.92. The average molecular weight is 446 g/mol. The summed E-state index contributed by atoms with van der Waals surface area (Å²) < 4.78 is 67.3. The van der Waals surface area contributed by atoms with Crippen LogP contribution in [0.3, 0.4) is 0 Å². The lowest BCUT2D eigenvalue weighted by Crippen LogP contribution is -2.23. The molecule has 3 aromatic rings. The zero-order valence-corrected chi connectivity index (χ0v) is 16.1. The fraction of sp³-hybridized carbons (Fsp3) is 0.118. The summed E-state index contributed by atoms with van der Waals surface area (Å²) in [7, 11) is -3.48. The van der Waals surface area contributed by atoms with E-state index in [2.05, 4.69) is 10.1 Å². The van der Waals surface area contributed by atoms with Crippen LogP contribution in [0.4, 0.5) is 13.2 Å². The van der Waals surface area contributed by atoms with Crippen molar-refractivity contribution in [2.45, 2.75) is 11.1 Å². The van der Waals surface area contributed by atoms with Gasteiger partial charge in [-0.15, -0.1) is 0 Å². The monoisotopic (exact) mass is 445 g/mol. The lowest BCUT2D eigenvalue weighted by Gasteiger charge is -2.11. The zero-order valence-electron chi connectivity index (χ0n) is 14.5. The van der Waals surface area contributed by atoms with E-state index in [4.69, 9.17) is 16.3 Å². The van der Waals surface area contributed by atoms with E-state index in [0.717, 1.165) is 24.6 Å². The molecule has 2 aromatic heterocycles. The van der Waals surface area contributed by atoms with Gasteiger partial charge in [-0.25, -0.2) is 13.4 Å². The maximum absolute atomic E-state index is 12.6. The number of aromatic nitrogens is 3. The van der Waals surface area contributed by atoms with Crippen molar-refractivity contribution >= 4 is 21.4 Å². The minimum absolute atomic E-state index is 0.00128. The third-order valence-corrected chi connectivity index (χ3v) is 5.10. The standard InChI is InChI=1S/C17H11ClF3N3O4S/c1-29(26,27)12-4-2-3-11(7-12)28-13-9-23-24(16(25)15(13)18)14-6-5-10(8-22-14)17(19,20)21/h2-9H,1H3. The molecule has 0 aliphatic heterocycles. The highest BCUT2D eigenvalue weighted by Crippen LogP contribution is 2.29. The molecule has 2 heterocycles. The Kier molecular flexibility index (Phi) is 5.37. The van der Waals surface area contributed by atoms with Gasteiger partial charge in [0.05, 0.1) is 16.7 Å². The molecule has 0 fully saturated rings. The summed E-state index contributed by atoms with van der Waals surface area (Å²) >= 11 is 6.01. The van der Waals surface area contributed by atoms with Crippen LogP contribution in [0.2, 0.25) is 5.02 Å². The van der Waals surface area contributed by atoms with Gasteiger partial charge in [-0.3, -0.25) is 4.79 Å². The Balaban J connectivity index is 1.94. The molecule has 0 spiro atoms. The highest BCUT2D eigenvalue weighted by molar-refractivity contribution is 7.90. The smallest absolute Gasteiger partial charge is 0.417 e. The molecule has 0 saturated heterocycles. The topological polar surface area (TPSA) is 91.2 Å². The van der Waals surface area contributed by atoms with Crippen LogP contribution in [0.5, 0.6) is 11.5 Å². The summed E-state index contributed by atoms with van der Waals surface area (Å²) in [6.45, 7) is 0. The average Bonchev–Trinajstić information content (AvgIpc) is 2.65. The van der Waals surface area contributed by atoms with Crippen molar-refractivity contribution in [3.05, 3.63) is 69.7 Å². The number of nitrogens with zero attached hydrogens (tertiary/aromatic N) is 3. The van der Waals surface area contributed by atoms with E-state index in [9.17, 15) is 26.4 Å². The van der Waals surface area contributed by atoms with Crippen LogP contribution >= 0.6 is 11.6 Å². The molecule has 0 N–H and O–H groups in total. The van der Waals surface area contributed by atoms with Gasteiger partial charge in [0.1, 0.15) is 5.75 Å². The second kappa shape index (κ2) is 7.48. The number of benzene rings is 1. The van der Waals surface area contributed by atoms with Crippen LogP contribution in [-0.4, -0.2) is 29.4 Å². The Morgan fingerprint density at radius 3 is 2.45 bits per heavy atom. The van der Waals surface area contributed by atoms with Gasteiger partial charge in [0, 0.05) is 12.5 Å². The van der Waals surface area contributed by atoms with Gasteiger partial charge < -0.3 is 4.74 Å². The maximum Gasteiger partial charge on any atom is 0.417 e. The van der Waals surface area contributed by atoms with Crippen LogP contribution in [-0.2, 0) is 16.0 Å². The summed E-state index contributed by atoms with van der Waals surface area (Å²) in [5.74, 6) is -0.234. The fourth-order valence-electron chi connectivity index (χ4n) is 2.23. The SMILES string of the molecule is CS(=O)(=O)c1cccc(Oc2cnn(-c3ccc(C(F)(F)F)cn3)c(=O)c2Cl)c1. The summed E-state index contributed by atoms with van der Waals surface area (Å²) in [5.41, 5.74) is -1.86. The zero-order chi connectivity index (χ0) is 21.4. The van der Waals surface area contributed by atoms with Crippen LogP contribution in [0.1, 0.15) is 5.56 Å². The Bertz CT molecular complexity index is 1230. The van der Waals surface area contributed by atoms with Gasteiger partial charge in [0.15, 0.2) is 26.4 Å². The quantitative estimate of drug-likeness (QED) is 0.610. The molecule has 0 amide bonds. The van der Waals surface area contributed by atoms with Crippen LogP contribution in [0.15, 0.2) is 58.5 Å². The predicted molar refractivity (Wildman–Crippen MR) is 97.3 cm³/mol. The van der Waals surface area contributed by atoms with Gasteiger partial charge in [-0.05, 0) is 30.3 Å². The molecule has 0 aliphatic carbocycles. The molecule has 0 aliphatic rings. The molecule has 0 saturated carbocycles. The van der Waals surface area contributed by atoms with Gasteiger partial charge in [-0.1, -0.05) is 17.7 Å². The minimum Gasteiger partial charge on any atom is -0.454 e. The van der Waals surface area contributed by atoms with Crippen molar-refractivity contribution in [1.29, 1.82) is 0 Å². The molecule has 0 bridgehead atoms. The number of pyridine rings is 1. The molecule has 7 nitrogen and oxygen atoms in total. The third-order valence-electron chi connectivity index (χ3n) is 3.64. The van der Waals surface area contributed by atoms with Crippen molar-refractivity contribution < 1.29 is 26.3 Å². The molecule has 1 aromatic carbocycles. The van der Waals surface area contributed by atoms with Crippen molar-refractivity contribution in [1.82, 2.24) is 14.8 Å². The second-order valence-corrected chi connectivity index (χ2v) is 8.19. The molecule has 3 rings (SSSR count). The molecule has 0 radical (unpaired) electrons. The number of sulfone groups is 1. The van der Waals surface area contributed by atoms with E-state index < -0.39 is 32.2 Å². The number of halogens is 4. The van der Waals surface area contributed by atoms with E-state index in [1.54, 1.807) is 0 Å². The van der Waals surface area contributed by atoms with E-state index in [1.165, 1.54) is 24.3 Å². The number of alkyl halides is 3. The van der Waals surface area contributed by atoms with E-state index >= 15 is 0 Å². The second-order valence-electron chi connectivity index (χ2n) is 5.79. The molecule has 29 heavy (non-hydrogen) atoms. The van der Waals surface area contributed by atoms with Gasteiger partial charge >= 0.3 is 6.18 Å². The summed E-state index contributed by atoms with van der Waals surface area (Å²) in [4.78, 5) is 16.0. The van der Waals surface area contributed by atoms with Crippen molar-refractivity contribution in [2.24, 2.45) is 0 Å². The Morgan fingerprint density at radius 2 is 1.86 bits per heavy atom. The normalized spacial score (nSPS) is 12.0. The Morgan fingerprint density at radius 1 is 1.14 bits per heavy atom. The van der Waals surface area contributed by atoms with Crippen LogP contribution < -0.4 is 10.3 Å².